The van der Waals surface area contributed by atoms with Crippen molar-refractivity contribution in [1.29, 1.82) is 0 Å². The zero-order valence-electron chi connectivity index (χ0n) is 13.2. The molecular formula is C19H21NO3. The Hall–Kier alpha value is -2.46. The number of aliphatic hydroxyl groups excluding tert-OH is 1. The predicted molar refractivity (Wildman–Crippen MR) is 89.6 cm³/mol. The van der Waals surface area contributed by atoms with Gasteiger partial charge in [0.2, 0.25) is 0 Å². The third-order valence-electron chi connectivity index (χ3n) is 3.57. The minimum absolute atomic E-state index is 0.181. The molecule has 1 amide bonds. The zero-order chi connectivity index (χ0) is 16.7. The van der Waals surface area contributed by atoms with Gasteiger partial charge in [-0.15, -0.1) is 0 Å². The van der Waals surface area contributed by atoms with Gasteiger partial charge in [-0.1, -0.05) is 61.9 Å². The van der Waals surface area contributed by atoms with Crippen molar-refractivity contribution < 1.29 is 14.7 Å². The van der Waals surface area contributed by atoms with Crippen LogP contribution in [0.1, 0.15) is 46.0 Å². The fourth-order valence-electron chi connectivity index (χ4n) is 2.37. The maximum absolute atomic E-state index is 12.6. The van der Waals surface area contributed by atoms with Gasteiger partial charge in [-0.2, -0.15) is 0 Å². The van der Waals surface area contributed by atoms with Crippen molar-refractivity contribution in [1.82, 2.24) is 5.32 Å². The first-order valence-corrected chi connectivity index (χ1v) is 7.78. The molecule has 0 aliphatic heterocycles. The van der Waals surface area contributed by atoms with Crippen molar-refractivity contribution in [3.63, 3.8) is 0 Å². The lowest BCUT2D eigenvalue weighted by Gasteiger charge is -2.12. The highest BCUT2D eigenvalue weighted by Gasteiger charge is 2.18. The number of rotatable bonds is 7. The Morgan fingerprint density at radius 2 is 1.61 bits per heavy atom. The number of nitrogens with one attached hydrogen (secondary N) is 1. The normalized spacial score (nSPS) is 11.7. The first-order valence-electron chi connectivity index (χ1n) is 7.78. The lowest BCUT2D eigenvalue weighted by molar-refractivity contribution is 0.0903. The van der Waals surface area contributed by atoms with Crippen LogP contribution in [-0.2, 0) is 0 Å². The van der Waals surface area contributed by atoms with Gasteiger partial charge in [0.15, 0.2) is 5.78 Å². The summed E-state index contributed by atoms with van der Waals surface area (Å²) in [6.45, 7) is 2.15. The van der Waals surface area contributed by atoms with Crippen LogP contribution in [0.25, 0.3) is 0 Å². The average molecular weight is 311 g/mol. The largest absolute Gasteiger partial charge is 0.391 e. The molecular weight excluding hydrogens is 290 g/mol. The predicted octanol–water partition coefficient (Wildman–Crippen LogP) is 2.81. The molecule has 0 heterocycles. The van der Waals surface area contributed by atoms with Gasteiger partial charge in [-0.25, -0.2) is 0 Å². The van der Waals surface area contributed by atoms with E-state index in [9.17, 15) is 14.7 Å². The first-order chi connectivity index (χ1) is 11.1. The van der Waals surface area contributed by atoms with Gasteiger partial charge >= 0.3 is 0 Å². The van der Waals surface area contributed by atoms with Crippen molar-refractivity contribution in [3.05, 3.63) is 71.3 Å². The molecule has 2 N–H and O–H groups in total. The van der Waals surface area contributed by atoms with Crippen LogP contribution in [-0.4, -0.2) is 29.4 Å². The molecule has 1 unspecified atom stereocenters. The molecule has 4 nitrogen and oxygen atoms in total. The summed E-state index contributed by atoms with van der Waals surface area (Å²) in [6.07, 6.45) is 0.909. The molecule has 0 radical (unpaired) electrons. The van der Waals surface area contributed by atoms with Gasteiger partial charge in [0, 0.05) is 17.7 Å². The standard InChI is InChI=1S/C19H21NO3/c1-2-8-15(21)13-20-19(23)17-12-7-6-11-16(17)18(22)14-9-4-3-5-10-14/h3-7,9-12,15,21H,2,8,13H2,1H3,(H,20,23). The highest BCUT2D eigenvalue weighted by atomic mass is 16.3. The van der Waals surface area contributed by atoms with Crippen molar-refractivity contribution >= 4 is 11.7 Å². The van der Waals surface area contributed by atoms with Gasteiger partial charge in [0.25, 0.3) is 5.91 Å². The van der Waals surface area contributed by atoms with E-state index >= 15 is 0 Å². The van der Waals surface area contributed by atoms with Gasteiger partial charge in [0.1, 0.15) is 0 Å². The van der Waals surface area contributed by atoms with Crippen LogP contribution in [0.4, 0.5) is 0 Å². The highest BCUT2D eigenvalue weighted by molar-refractivity contribution is 6.15. The van der Waals surface area contributed by atoms with E-state index in [1.807, 2.05) is 13.0 Å². The summed E-state index contributed by atoms with van der Waals surface area (Å²) in [4.78, 5) is 24.9. The number of aliphatic hydroxyl groups is 1. The summed E-state index contributed by atoms with van der Waals surface area (Å²) < 4.78 is 0. The van der Waals surface area contributed by atoms with E-state index in [1.165, 1.54) is 0 Å². The molecule has 23 heavy (non-hydrogen) atoms. The van der Waals surface area contributed by atoms with E-state index in [0.29, 0.717) is 23.1 Å². The number of hydrogen-bond acceptors (Lipinski definition) is 3. The Morgan fingerprint density at radius 3 is 2.26 bits per heavy atom. The molecule has 0 aliphatic rings. The molecule has 0 spiro atoms. The molecule has 0 bridgehead atoms. The summed E-state index contributed by atoms with van der Waals surface area (Å²) >= 11 is 0. The third-order valence-corrected chi connectivity index (χ3v) is 3.57. The number of carbonyl (C=O) groups is 2. The number of carbonyl (C=O) groups excluding carboxylic acids is 2. The van der Waals surface area contributed by atoms with Crippen molar-refractivity contribution in [3.8, 4) is 0 Å². The summed E-state index contributed by atoms with van der Waals surface area (Å²) in [5.41, 5.74) is 1.23. The Kier molecular flexibility index (Phi) is 6.06. The summed E-state index contributed by atoms with van der Waals surface area (Å²) in [6, 6.07) is 15.6. The summed E-state index contributed by atoms with van der Waals surface area (Å²) in [5, 5.41) is 12.4. The monoisotopic (exact) mass is 311 g/mol. The number of benzene rings is 2. The van der Waals surface area contributed by atoms with Crippen LogP contribution in [0.5, 0.6) is 0 Å². The quantitative estimate of drug-likeness (QED) is 0.773. The van der Waals surface area contributed by atoms with Crippen molar-refractivity contribution in [2.45, 2.75) is 25.9 Å². The molecule has 0 aliphatic carbocycles. The van der Waals surface area contributed by atoms with E-state index in [-0.39, 0.29) is 18.2 Å². The lowest BCUT2D eigenvalue weighted by atomic mass is 9.98. The van der Waals surface area contributed by atoms with Crippen molar-refractivity contribution in [2.24, 2.45) is 0 Å². The Labute approximate surface area is 136 Å². The molecule has 0 saturated carbocycles. The molecule has 0 saturated heterocycles. The maximum Gasteiger partial charge on any atom is 0.252 e. The number of hydrogen-bond donors (Lipinski definition) is 2. The maximum atomic E-state index is 12.6. The minimum Gasteiger partial charge on any atom is -0.391 e. The topological polar surface area (TPSA) is 66.4 Å². The third kappa shape index (κ3) is 4.50. The molecule has 1 atom stereocenters. The fraction of sp³-hybridized carbons (Fsp3) is 0.263. The number of ketones is 1. The van der Waals surface area contributed by atoms with Crippen LogP contribution in [0.15, 0.2) is 54.6 Å². The molecule has 2 aromatic rings. The molecule has 0 aromatic heterocycles. The SMILES string of the molecule is CCCC(O)CNC(=O)c1ccccc1C(=O)c1ccccc1. The smallest absolute Gasteiger partial charge is 0.252 e. The van der Waals surface area contributed by atoms with Crippen LogP contribution < -0.4 is 5.32 Å². The molecule has 0 fully saturated rings. The highest BCUT2D eigenvalue weighted by Crippen LogP contribution is 2.14. The van der Waals surface area contributed by atoms with Gasteiger partial charge in [-0.05, 0) is 12.5 Å². The van der Waals surface area contributed by atoms with E-state index in [1.54, 1.807) is 48.5 Å². The second kappa shape index (κ2) is 8.25. The number of amides is 1. The minimum atomic E-state index is -0.569. The Balaban J connectivity index is 2.17. The lowest BCUT2D eigenvalue weighted by Crippen LogP contribution is -2.32. The Morgan fingerprint density at radius 1 is 1.00 bits per heavy atom. The van der Waals surface area contributed by atoms with Crippen LogP contribution in [0, 0.1) is 0 Å². The average Bonchev–Trinajstić information content (AvgIpc) is 2.60. The van der Waals surface area contributed by atoms with Crippen molar-refractivity contribution in [2.75, 3.05) is 6.54 Å². The van der Waals surface area contributed by atoms with Crippen LogP contribution in [0.2, 0.25) is 0 Å². The molecule has 2 rings (SSSR count). The van der Waals surface area contributed by atoms with Gasteiger partial charge in [-0.3, -0.25) is 9.59 Å². The second-order valence-corrected chi connectivity index (χ2v) is 5.39. The van der Waals surface area contributed by atoms with E-state index in [2.05, 4.69) is 5.32 Å². The van der Waals surface area contributed by atoms with E-state index in [0.717, 1.165) is 6.42 Å². The summed E-state index contributed by atoms with van der Waals surface area (Å²) in [7, 11) is 0. The summed E-state index contributed by atoms with van der Waals surface area (Å²) in [5.74, 6) is -0.537. The van der Waals surface area contributed by atoms with Gasteiger partial charge < -0.3 is 10.4 Å². The van der Waals surface area contributed by atoms with E-state index in [4.69, 9.17) is 0 Å². The van der Waals surface area contributed by atoms with Crippen LogP contribution in [0.3, 0.4) is 0 Å². The Bertz CT molecular complexity index is 667. The van der Waals surface area contributed by atoms with E-state index < -0.39 is 6.10 Å². The first kappa shape index (κ1) is 16.9. The molecule has 2 aromatic carbocycles. The van der Waals surface area contributed by atoms with Gasteiger partial charge in [0.05, 0.1) is 11.7 Å². The zero-order valence-corrected chi connectivity index (χ0v) is 13.2. The fourth-order valence-corrected chi connectivity index (χ4v) is 2.37. The molecule has 120 valence electrons. The van der Waals surface area contributed by atoms with Crippen LogP contribution >= 0.6 is 0 Å². The molecule has 4 heteroatoms. The second-order valence-electron chi connectivity index (χ2n) is 5.39.